The summed E-state index contributed by atoms with van der Waals surface area (Å²) in [5, 5.41) is 9.84. The van der Waals surface area contributed by atoms with Gasteiger partial charge in [-0.3, -0.25) is 4.79 Å². The van der Waals surface area contributed by atoms with Crippen molar-refractivity contribution in [2.24, 2.45) is 0 Å². The van der Waals surface area contributed by atoms with Crippen molar-refractivity contribution in [3.05, 3.63) is 0 Å². The number of hydrogen-bond acceptors (Lipinski definition) is 9. The molecule has 164 valence electrons. The van der Waals surface area contributed by atoms with Gasteiger partial charge in [0.15, 0.2) is 18.3 Å². The van der Waals surface area contributed by atoms with Gasteiger partial charge in [0, 0.05) is 0 Å². The van der Waals surface area contributed by atoms with Crippen molar-refractivity contribution >= 4 is 23.9 Å². The second-order valence-electron chi connectivity index (χ2n) is 7.62. The Kier molecular flexibility index (Phi) is 8.88. The van der Waals surface area contributed by atoms with E-state index in [1.165, 1.54) is 13.8 Å². The van der Waals surface area contributed by atoms with Gasteiger partial charge in [0.05, 0.1) is 6.42 Å². The number of aliphatic hydroxyl groups excluding tert-OH is 1. The zero-order valence-electron chi connectivity index (χ0n) is 17.0. The van der Waals surface area contributed by atoms with Gasteiger partial charge >= 0.3 is 23.9 Å². The minimum absolute atomic E-state index is 0.158. The van der Waals surface area contributed by atoms with Gasteiger partial charge < -0.3 is 24.1 Å². The summed E-state index contributed by atoms with van der Waals surface area (Å²) in [6.45, 7) is 2.70. The van der Waals surface area contributed by atoms with Crippen molar-refractivity contribution in [2.45, 2.75) is 102 Å². The first-order valence-electron chi connectivity index (χ1n) is 10.2. The van der Waals surface area contributed by atoms with Gasteiger partial charge in [0.2, 0.25) is 0 Å². The molecule has 0 amide bonds. The van der Waals surface area contributed by atoms with Crippen LogP contribution in [0, 0.1) is 0 Å². The third-order valence-electron chi connectivity index (χ3n) is 5.07. The van der Waals surface area contributed by atoms with E-state index in [0.29, 0.717) is 0 Å². The summed E-state index contributed by atoms with van der Waals surface area (Å²) in [6, 6.07) is 0. The molecule has 0 spiro atoms. The summed E-state index contributed by atoms with van der Waals surface area (Å²) >= 11 is 0. The molecule has 1 N–H and O–H groups in total. The Hall–Kier alpha value is -2.16. The molecule has 3 unspecified atom stereocenters. The average Bonchev–Trinajstić information content (AvgIpc) is 3.35. The number of hydrogen-bond donors (Lipinski definition) is 1. The molecule has 0 bridgehead atoms. The van der Waals surface area contributed by atoms with Crippen LogP contribution in [0.2, 0.25) is 0 Å². The lowest BCUT2D eigenvalue weighted by Gasteiger charge is -2.19. The zero-order chi connectivity index (χ0) is 21.4. The fraction of sp³-hybridized carbons (Fsp3) is 0.800. The van der Waals surface area contributed by atoms with Crippen LogP contribution in [-0.4, -0.2) is 59.5 Å². The van der Waals surface area contributed by atoms with Crippen LogP contribution in [0.3, 0.4) is 0 Å². The van der Waals surface area contributed by atoms with E-state index in [0.717, 1.165) is 51.4 Å². The van der Waals surface area contributed by atoms with Crippen LogP contribution in [0.5, 0.6) is 0 Å². The molecule has 2 aliphatic rings. The summed E-state index contributed by atoms with van der Waals surface area (Å²) in [7, 11) is 0. The highest BCUT2D eigenvalue weighted by Crippen LogP contribution is 2.22. The Morgan fingerprint density at radius 2 is 1.17 bits per heavy atom. The highest BCUT2D eigenvalue weighted by molar-refractivity contribution is 5.85. The van der Waals surface area contributed by atoms with Crippen LogP contribution in [-0.2, 0) is 38.1 Å². The first-order chi connectivity index (χ1) is 13.8. The predicted octanol–water partition coefficient (Wildman–Crippen LogP) is 1.57. The highest BCUT2D eigenvalue weighted by Gasteiger charge is 2.30. The molecule has 0 heterocycles. The zero-order valence-corrected chi connectivity index (χ0v) is 17.0. The highest BCUT2D eigenvalue weighted by atomic mass is 16.6. The molecule has 0 saturated heterocycles. The van der Waals surface area contributed by atoms with E-state index in [-0.39, 0.29) is 12.2 Å². The van der Waals surface area contributed by atoms with Gasteiger partial charge in [0.25, 0.3) is 0 Å². The van der Waals surface area contributed by atoms with Crippen molar-refractivity contribution in [2.75, 3.05) is 0 Å². The van der Waals surface area contributed by atoms with Crippen molar-refractivity contribution in [1.29, 1.82) is 0 Å². The second kappa shape index (κ2) is 11.1. The topological polar surface area (TPSA) is 125 Å². The Bertz CT molecular complexity index is 591. The first-order valence-corrected chi connectivity index (χ1v) is 10.2. The van der Waals surface area contributed by atoms with Crippen LogP contribution < -0.4 is 0 Å². The van der Waals surface area contributed by atoms with Gasteiger partial charge in [0.1, 0.15) is 12.2 Å². The van der Waals surface area contributed by atoms with Crippen LogP contribution >= 0.6 is 0 Å². The Balaban J connectivity index is 1.69. The summed E-state index contributed by atoms with van der Waals surface area (Å²) < 4.78 is 20.2. The normalized spacial score (nSPS) is 20.5. The molecule has 2 fully saturated rings. The SMILES string of the molecule is CC(OC(=O)CC(O)C(=O)OC(C)C(=O)OC1CCCC1)C(=O)OC1CCCC1. The van der Waals surface area contributed by atoms with Crippen LogP contribution in [0.1, 0.15) is 71.6 Å². The third-order valence-corrected chi connectivity index (χ3v) is 5.07. The minimum Gasteiger partial charge on any atom is -0.460 e. The fourth-order valence-electron chi connectivity index (χ4n) is 3.37. The number of carbonyl (C=O) groups excluding carboxylic acids is 4. The van der Waals surface area contributed by atoms with Crippen LogP contribution in [0.25, 0.3) is 0 Å². The second-order valence-corrected chi connectivity index (χ2v) is 7.62. The van der Waals surface area contributed by atoms with Crippen molar-refractivity contribution in [1.82, 2.24) is 0 Å². The Morgan fingerprint density at radius 1 is 0.759 bits per heavy atom. The van der Waals surface area contributed by atoms with Gasteiger partial charge in [-0.05, 0) is 65.2 Å². The lowest BCUT2D eigenvalue weighted by atomic mass is 10.2. The van der Waals surface area contributed by atoms with E-state index >= 15 is 0 Å². The summed E-state index contributed by atoms with van der Waals surface area (Å²) in [6.07, 6.45) is 1.90. The summed E-state index contributed by atoms with van der Waals surface area (Å²) in [5.41, 5.74) is 0. The Morgan fingerprint density at radius 3 is 1.62 bits per heavy atom. The Labute approximate surface area is 170 Å². The average molecular weight is 414 g/mol. The van der Waals surface area contributed by atoms with Gasteiger partial charge in [-0.1, -0.05) is 0 Å². The van der Waals surface area contributed by atoms with E-state index in [1.54, 1.807) is 0 Å². The number of rotatable bonds is 9. The lowest BCUT2D eigenvalue weighted by Crippen LogP contribution is -2.35. The fourth-order valence-corrected chi connectivity index (χ4v) is 3.37. The maximum absolute atomic E-state index is 11.9. The molecule has 0 radical (unpaired) electrons. The number of carbonyl (C=O) groups is 4. The molecule has 2 saturated carbocycles. The molecular formula is C20H30O9. The van der Waals surface area contributed by atoms with Gasteiger partial charge in [-0.15, -0.1) is 0 Å². The van der Waals surface area contributed by atoms with Crippen LogP contribution in [0.15, 0.2) is 0 Å². The monoisotopic (exact) mass is 414 g/mol. The standard InChI is InChI=1S/C20H30O9/c1-12(18(23)28-14-7-3-4-8-14)26-17(22)11-16(21)20(25)27-13(2)19(24)29-15-9-5-6-10-15/h12-16,21H,3-11H2,1-2H3. The number of aliphatic hydroxyl groups is 1. The van der Waals surface area contributed by atoms with E-state index in [2.05, 4.69) is 0 Å². The molecule has 0 aromatic heterocycles. The molecular weight excluding hydrogens is 384 g/mol. The van der Waals surface area contributed by atoms with Crippen LogP contribution in [0.4, 0.5) is 0 Å². The summed E-state index contributed by atoms with van der Waals surface area (Å²) in [4.78, 5) is 47.6. The quantitative estimate of drug-likeness (QED) is 0.442. The minimum atomic E-state index is -1.82. The van der Waals surface area contributed by atoms with Crippen molar-refractivity contribution in [3.63, 3.8) is 0 Å². The molecule has 3 atom stereocenters. The molecule has 9 heteroatoms. The molecule has 29 heavy (non-hydrogen) atoms. The molecule has 9 nitrogen and oxygen atoms in total. The molecule has 2 rings (SSSR count). The van der Waals surface area contributed by atoms with Gasteiger partial charge in [-0.25, -0.2) is 14.4 Å². The van der Waals surface area contributed by atoms with Crippen molar-refractivity contribution in [3.8, 4) is 0 Å². The predicted molar refractivity (Wildman–Crippen MR) is 98.4 cm³/mol. The summed E-state index contributed by atoms with van der Waals surface area (Å²) in [5.74, 6) is -3.44. The molecule has 0 aliphatic heterocycles. The lowest BCUT2D eigenvalue weighted by molar-refractivity contribution is -0.178. The van der Waals surface area contributed by atoms with E-state index in [9.17, 15) is 24.3 Å². The largest absolute Gasteiger partial charge is 0.460 e. The van der Waals surface area contributed by atoms with Gasteiger partial charge in [-0.2, -0.15) is 0 Å². The number of ether oxygens (including phenoxy) is 4. The molecule has 2 aliphatic carbocycles. The first kappa shape index (κ1) is 23.1. The molecule has 0 aromatic carbocycles. The van der Waals surface area contributed by atoms with E-state index < -0.39 is 48.6 Å². The molecule has 0 aromatic rings. The smallest absolute Gasteiger partial charge is 0.347 e. The van der Waals surface area contributed by atoms with E-state index in [4.69, 9.17) is 18.9 Å². The van der Waals surface area contributed by atoms with E-state index in [1.807, 2.05) is 0 Å². The number of esters is 4. The third kappa shape index (κ3) is 7.64. The maximum Gasteiger partial charge on any atom is 0.347 e. The van der Waals surface area contributed by atoms with Crippen molar-refractivity contribution < 1.29 is 43.2 Å². The maximum atomic E-state index is 11.9.